The van der Waals surface area contributed by atoms with Crippen molar-refractivity contribution in [1.82, 2.24) is 0 Å². The molecule has 0 bridgehead atoms. The highest BCUT2D eigenvalue weighted by Gasteiger charge is 2.10. The minimum Gasteiger partial charge on any atom is -0.135 e. The summed E-state index contributed by atoms with van der Waals surface area (Å²) < 4.78 is 3.52. The third kappa shape index (κ3) is 3.32. The van der Waals surface area contributed by atoms with Crippen LogP contribution in [0.15, 0.2) is 109 Å². The predicted octanol–water partition coefficient (Wildman–Crippen LogP) is 9.35. The predicted molar refractivity (Wildman–Crippen MR) is 139 cm³/mol. The molecular weight excluding hydrogens is 448 g/mol. The monoisotopic (exact) mass is 466 g/mol. The maximum atomic E-state index is 3.96. The van der Waals surface area contributed by atoms with Crippen molar-refractivity contribution >= 4 is 63.8 Å². The molecule has 4 aromatic carbocycles. The maximum absolute atomic E-state index is 3.96. The Balaban J connectivity index is 1.68. The third-order valence-electron chi connectivity index (χ3n) is 5.42. The highest BCUT2D eigenvalue weighted by molar-refractivity contribution is 9.11. The summed E-state index contributed by atoms with van der Waals surface area (Å²) in [6, 6.07) is 28.5. The van der Waals surface area contributed by atoms with Crippen LogP contribution in [0.25, 0.3) is 47.6 Å². The molecule has 1 aromatic heterocycles. The van der Waals surface area contributed by atoms with Crippen molar-refractivity contribution in [3.63, 3.8) is 0 Å². The first-order chi connectivity index (χ1) is 14.6. The first kappa shape index (κ1) is 19.0. The summed E-state index contributed by atoms with van der Waals surface area (Å²) in [4.78, 5) is 0. The Kier molecular flexibility index (Phi) is 4.90. The molecule has 0 spiro atoms. The Morgan fingerprint density at radius 1 is 0.800 bits per heavy atom. The molecule has 0 aliphatic heterocycles. The zero-order valence-corrected chi connectivity index (χ0v) is 18.8. The Morgan fingerprint density at radius 2 is 1.63 bits per heavy atom. The molecule has 0 saturated heterocycles. The summed E-state index contributed by atoms with van der Waals surface area (Å²) in [5.41, 5.74) is 4.59. The number of halogens is 1. The van der Waals surface area contributed by atoms with E-state index in [4.69, 9.17) is 0 Å². The van der Waals surface area contributed by atoms with Crippen molar-refractivity contribution < 1.29 is 0 Å². The van der Waals surface area contributed by atoms with Gasteiger partial charge in [0, 0.05) is 24.7 Å². The molecule has 0 aliphatic carbocycles. The van der Waals surface area contributed by atoms with E-state index in [-0.39, 0.29) is 0 Å². The molecule has 0 amide bonds. The van der Waals surface area contributed by atoms with Crippen molar-refractivity contribution in [2.24, 2.45) is 0 Å². The van der Waals surface area contributed by atoms with Crippen LogP contribution in [0.5, 0.6) is 0 Å². The Hall–Kier alpha value is -2.94. The minimum atomic E-state index is 0.834. The molecule has 0 fully saturated rings. The second-order valence-corrected chi connectivity index (χ2v) is 9.38. The first-order valence-electron chi connectivity index (χ1n) is 9.77. The zero-order valence-electron chi connectivity index (χ0n) is 16.4. The lowest BCUT2D eigenvalue weighted by molar-refractivity contribution is 1.59. The van der Waals surface area contributed by atoms with Gasteiger partial charge in [0.2, 0.25) is 0 Å². The second-order valence-electron chi connectivity index (χ2n) is 7.31. The number of allylic oxidation sites excluding steroid dienone is 4. The van der Waals surface area contributed by atoms with Crippen molar-refractivity contribution in [2.45, 2.75) is 0 Å². The molecule has 5 rings (SSSR count). The fraction of sp³-hybridized carbons (Fsp3) is 0. The largest absolute Gasteiger partial charge is 0.135 e. The molecule has 144 valence electrons. The van der Waals surface area contributed by atoms with Gasteiger partial charge in [-0.05, 0) is 57.3 Å². The molecule has 0 N–H and O–H groups in total. The van der Waals surface area contributed by atoms with Crippen molar-refractivity contribution in [2.75, 3.05) is 0 Å². The van der Waals surface area contributed by atoms with E-state index in [1.165, 1.54) is 42.1 Å². The van der Waals surface area contributed by atoms with Crippen molar-refractivity contribution in [3.05, 3.63) is 114 Å². The summed E-state index contributed by atoms with van der Waals surface area (Å²) in [5, 5.41) is 5.27. The van der Waals surface area contributed by atoms with Gasteiger partial charge in [-0.3, -0.25) is 0 Å². The van der Waals surface area contributed by atoms with E-state index in [9.17, 15) is 0 Å². The number of fused-ring (bicyclic) bond motifs is 5. The van der Waals surface area contributed by atoms with Crippen LogP contribution in [0.3, 0.4) is 0 Å². The van der Waals surface area contributed by atoms with Gasteiger partial charge in [-0.25, -0.2) is 0 Å². The molecule has 0 unspecified atom stereocenters. The summed E-state index contributed by atoms with van der Waals surface area (Å²) in [6.45, 7) is 7.88. The van der Waals surface area contributed by atoms with Gasteiger partial charge in [0.1, 0.15) is 0 Å². The van der Waals surface area contributed by atoms with E-state index in [1.807, 2.05) is 23.5 Å². The van der Waals surface area contributed by atoms with Crippen LogP contribution in [0.4, 0.5) is 0 Å². The molecule has 2 heteroatoms. The lowest BCUT2D eigenvalue weighted by Crippen LogP contribution is -1.84. The van der Waals surface area contributed by atoms with Crippen LogP contribution in [-0.2, 0) is 0 Å². The minimum absolute atomic E-state index is 0.834. The van der Waals surface area contributed by atoms with E-state index in [1.54, 1.807) is 0 Å². The topological polar surface area (TPSA) is 0 Å². The smallest absolute Gasteiger partial charge is 0.0433 e. The van der Waals surface area contributed by atoms with E-state index in [2.05, 4.69) is 108 Å². The van der Waals surface area contributed by atoms with Gasteiger partial charge in [-0.15, -0.1) is 11.3 Å². The molecule has 0 radical (unpaired) electrons. The molecule has 30 heavy (non-hydrogen) atoms. The summed E-state index contributed by atoms with van der Waals surface area (Å²) in [6.07, 6.45) is 3.86. The average molecular weight is 467 g/mol. The fourth-order valence-electron chi connectivity index (χ4n) is 3.99. The standard InChI is InChI=1S/C28H19BrS/c1-3-19(15-18(2)29)21-8-6-9-22(16-21)23-12-14-27-26(17-23)25-13-11-20-7-4-5-10-24(20)28(25)30-27/h3-17H,1-2H2/b19-15+. The van der Waals surface area contributed by atoms with Crippen LogP contribution >= 0.6 is 27.3 Å². The lowest BCUT2D eigenvalue weighted by atomic mass is 9.97. The molecule has 0 nitrogen and oxygen atoms in total. The SMILES string of the molecule is C=C/C(=C\C(=C)Br)c1cccc(-c2ccc3sc4c5ccccc5ccc4c3c2)c1. The van der Waals surface area contributed by atoms with E-state index < -0.39 is 0 Å². The van der Waals surface area contributed by atoms with Crippen LogP contribution in [-0.4, -0.2) is 0 Å². The number of hydrogen-bond acceptors (Lipinski definition) is 1. The van der Waals surface area contributed by atoms with Crippen LogP contribution in [0.2, 0.25) is 0 Å². The van der Waals surface area contributed by atoms with Gasteiger partial charge >= 0.3 is 0 Å². The van der Waals surface area contributed by atoms with E-state index >= 15 is 0 Å². The number of thiophene rings is 1. The summed E-state index contributed by atoms with van der Waals surface area (Å²) >= 11 is 5.30. The third-order valence-corrected chi connectivity index (χ3v) is 6.87. The molecular formula is C28H19BrS. The zero-order chi connectivity index (χ0) is 20.7. The molecule has 0 atom stereocenters. The number of hydrogen-bond donors (Lipinski definition) is 0. The molecule has 0 aliphatic rings. The normalized spacial score (nSPS) is 12.0. The molecule has 1 heterocycles. The van der Waals surface area contributed by atoms with Gasteiger partial charge in [0.15, 0.2) is 0 Å². The van der Waals surface area contributed by atoms with Crippen molar-refractivity contribution in [1.29, 1.82) is 0 Å². The van der Waals surface area contributed by atoms with Crippen LogP contribution in [0, 0.1) is 0 Å². The Labute approximate surface area is 188 Å². The summed E-state index contributed by atoms with van der Waals surface area (Å²) in [5.74, 6) is 0. The van der Waals surface area contributed by atoms with E-state index in [0.29, 0.717) is 0 Å². The highest BCUT2D eigenvalue weighted by Crippen LogP contribution is 2.40. The Bertz CT molecular complexity index is 1480. The van der Waals surface area contributed by atoms with Gasteiger partial charge in [-0.1, -0.05) is 95.8 Å². The molecule has 5 aromatic rings. The first-order valence-corrected chi connectivity index (χ1v) is 11.4. The maximum Gasteiger partial charge on any atom is 0.0433 e. The summed E-state index contributed by atoms with van der Waals surface area (Å²) in [7, 11) is 0. The van der Waals surface area contributed by atoms with Crippen LogP contribution < -0.4 is 0 Å². The molecule has 0 saturated carbocycles. The number of benzene rings is 4. The number of rotatable bonds is 4. The highest BCUT2D eigenvalue weighted by atomic mass is 79.9. The van der Waals surface area contributed by atoms with Crippen LogP contribution in [0.1, 0.15) is 5.56 Å². The van der Waals surface area contributed by atoms with E-state index in [0.717, 1.165) is 15.6 Å². The average Bonchev–Trinajstić information content (AvgIpc) is 3.16. The van der Waals surface area contributed by atoms with Gasteiger partial charge in [-0.2, -0.15) is 0 Å². The quantitative estimate of drug-likeness (QED) is 0.231. The van der Waals surface area contributed by atoms with Crippen molar-refractivity contribution in [3.8, 4) is 11.1 Å². The second kappa shape index (κ2) is 7.71. The van der Waals surface area contributed by atoms with Gasteiger partial charge in [0.05, 0.1) is 0 Å². The lowest BCUT2D eigenvalue weighted by Gasteiger charge is -2.07. The fourth-order valence-corrected chi connectivity index (χ4v) is 5.46. The Morgan fingerprint density at radius 3 is 2.47 bits per heavy atom. The van der Waals surface area contributed by atoms with Gasteiger partial charge < -0.3 is 0 Å². The van der Waals surface area contributed by atoms with Gasteiger partial charge in [0.25, 0.3) is 0 Å².